The van der Waals surface area contributed by atoms with Crippen LogP contribution in [0.3, 0.4) is 0 Å². The molecule has 32 heavy (non-hydrogen) atoms. The third-order valence-electron chi connectivity index (χ3n) is 4.99. The van der Waals surface area contributed by atoms with Crippen LogP contribution in [0.15, 0.2) is 40.7 Å². The van der Waals surface area contributed by atoms with E-state index in [0.29, 0.717) is 23.4 Å². The zero-order valence-electron chi connectivity index (χ0n) is 18.6. The molecule has 0 fully saturated rings. The van der Waals surface area contributed by atoms with Crippen LogP contribution in [-0.2, 0) is 28.6 Å². The molecule has 0 saturated carbocycles. The van der Waals surface area contributed by atoms with Gasteiger partial charge in [0.15, 0.2) is 0 Å². The topological polar surface area (TPSA) is 90.9 Å². The summed E-state index contributed by atoms with van der Waals surface area (Å²) in [6.45, 7) is 5.20. The third-order valence-corrected chi connectivity index (χ3v) is 5.83. The number of methoxy groups -OCH3 is 1. The molecule has 9 heteroatoms. The molecule has 2 rings (SSSR count). The first-order chi connectivity index (χ1) is 15.2. The zero-order valence-corrected chi connectivity index (χ0v) is 20.1. The standard InChI is InChI=1S/C23H27Cl2NO6/c1-5-6-10-17(27)31-11-12-32-23(29)19-14(3)26-13(2)18(22(28)30-4)20(19)15-8-7-9-16(24)21(15)25/h7-9,20,26H,5-6,10-12H2,1-4H3. The number of carbonyl (C=O) groups excluding carboxylic acids is 3. The van der Waals surface area contributed by atoms with Gasteiger partial charge < -0.3 is 19.5 Å². The fraction of sp³-hybridized carbons (Fsp3) is 0.435. The molecule has 0 radical (unpaired) electrons. The van der Waals surface area contributed by atoms with E-state index in [0.717, 1.165) is 12.8 Å². The number of halogens is 2. The van der Waals surface area contributed by atoms with Crippen molar-refractivity contribution in [1.29, 1.82) is 0 Å². The number of rotatable bonds is 9. The Labute approximate surface area is 197 Å². The number of dihydropyridines is 1. The van der Waals surface area contributed by atoms with Crippen LogP contribution in [0.5, 0.6) is 0 Å². The number of nitrogens with one attached hydrogen (secondary N) is 1. The summed E-state index contributed by atoms with van der Waals surface area (Å²) in [5.74, 6) is -2.48. The molecular weight excluding hydrogens is 457 g/mol. The Bertz CT molecular complexity index is 954. The van der Waals surface area contributed by atoms with Crippen LogP contribution < -0.4 is 5.32 Å². The predicted molar refractivity (Wildman–Crippen MR) is 121 cm³/mol. The molecule has 7 nitrogen and oxygen atoms in total. The summed E-state index contributed by atoms with van der Waals surface area (Å²) in [6.07, 6.45) is 1.94. The molecule has 1 atom stereocenters. The van der Waals surface area contributed by atoms with Crippen molar-refractivity contribution < 1.29 is 28.6 Å². The molecule has 1 aliphatic heterocycles. The highest BCUT2D eigenvalue weighted by Crippen LogP contribution is 2.43. The molecule has 1 aromatic rings. The second-order valence-electron chi connectivity index (χ2n) is 7.23. The minimum atomic E-state index is -0.852. The van der Waals surface area contributed by atoms with E-state index in [1.165, 1.54) is 7.11 Å². The Morgan fingerprint density at radius 2 is 1.62 bits per heavy atom. The van der Waals surface area contributed by atoms with Crippen molar-refractivity contribution >= 4 is 41.1 Å². The van der Waals surface area contributed by atoms with Gasteiger partial charge in [0.1, 0.15) is 13.2 Å². The molecule has 0 aliphatic carbocycles. The van der Waals surface area contributed by atoms with Crippen LogP contribution in [0.25, 0.3) is 0 Å². The highest BCUT2D eigenvalue weighted by atomic mass is 35.5. The van der Waals surface area contributed by atoms with Crippen molar-refractivity contribution in [2.45, 2.75) is 46.0 Å². The molecule has 1 aliphatic rings. The van der Waals surface area contributed by atoms with Gasteiger partial charge in [-0.05, 0) is 31.9 Å². The number of hydrogen-bond donors (Lipinski definition) is 1. The molecule has 0 spiro atoms. The molecule has 0 bridgehead atoms. The van der Waals surface area contributed by atoms with E-state index in [1.807, 2.05) is 6.92 Å². The fourth-order valence-corrected chi connectivity index (χ4v) is 3.88. The average molecular weight is 484 g/mol. The first-order valence-electron chi connectivity index (χ1n) is 10.3. The Morgan fingerprint density at radius 3 is 2.25 bits per heavy atom. The van der Waals surface area contributed by atoms with Crippen molar-refractivity contribution in [3.8, 4) is 0 Å². The van der Waals surface area contributed by atoms with Crippen molar-refractivity contribution in [3.63, 3.8) is 0 Å². The van der Waals surface area contributed by atoms with Crippen molar-refractivity contribution in [3.05, 3.63) is 56.3 Å². The van der Waals surface area contributed by atoms with Gasteiger partial charge in [-0.1, -0.05) is 48.7 Å². The molecule has 1 heterocycles. The van der Waals surface area contributed by atoms with Crippen molar-refractivity contribution in [1.82, 2.24) is 5.32 Å². The van der Waals surface area contributed by atoms with E-state index in [1.54, 1.807) is 32.0 Å². The molecule has 0 saturated heterocycles. The Morgan fingerprint density at radius 1 is 1.00 bits per heavy atom. The van der Waals surface area contributed by atoms with E-state index in [2.05, 4.69) is 5.32 Å². The fourth-order valence-electron chi connectivity index (χ4n) is 3.46. The summed E-state index contributed by atoms with van der Waals surface area (Å²) in [5, 5.41) is 3.54. The first kappa shape index (κ1) is 25.7. The molecule has 1 aromatic carbocycles. The van der Waals surface area contributed by atoms with Crippen molar-refractivity contribution in [2.24, 2.45) is 0 Å². The van der Waals surface area contributed by atoms with Gasteiger partial charge in [0, 0.05) is 17.8 Å². The van der Waals surface area contributed by atoms with Crippen LogP contribution in [-0.4, -0.2) is 38.2 Å². The normalized spacial score (nSPS) is 15.9. The number of carbonyl (C=O) groups is 3. The van der Waals surface area contributed by atoms with Crippen LogP contribution in [0.4, 0.5) is 0 Å². The highest BCUT2D eigenvalue weighted by Gasteiger charge is 2.39. The maximum atomic E-state index is 13.1. The Kier molecular flexibility index (Phi) is 9.60. The monoisotopic (exact) mass is 483 g/mol. The van der Waals surface area contributed by atoms with Gasteiger partial charge in [-0.3, -0.25) is 4.79 Å². The number of benzene rings is 1. The van der Waals surface area contributed by atoms with Crippen LogP contribution >= 0.6 is 23.2 Å². The van der Waals surface area contributed by atoms with Gasteiger partial charge in [-0.2, -0.15) is 0 Å². The van der Waals surface area contributed by atoms with E-state index in [4.69, 9.17) is 37.4 Å². The van der Waals surface area contributed by atoms with Gasteiger partial charge in [0.2, 0.25) is 0 Å². The average Bonchev–Trinajstić information content (AvgIpc) is 2.76. The predicted octanol–water partition coefficient (Wildman–Crippen LogP) is 4.68. The van der Waals surface area contributed by atoms with Gasteiger partial charge in [-0.25, -0.2) is 9.59 Å². The van der Waals surface area contributed by atoms with E-state index in [9.17, 15) is 14.4 Å². The molecule has 1 unspecified atom stereocenters. The summed E-state index contributed by atoms with van der Waals surface area (Å²) in [6, 6.07) is 4.99. The van der Waals surface area contributed by atoms with Crippen LogP contribution in [0.1, 0.15) is 51.5 Å². The SMILES string of the molecule is CCCCC(=O)OCCOC(=O)C1=C(C)NC(C)=C(C(=O)OC)C1c1cccc(Cl)c1Cl. The largest absolute Gasteiger partial charge is 0.466 e. The second-order valence-corrected chi connectivity index (χ2v) is 8.02. The summed E-state index contributed by atoms with van der Waals surface area (Å²) in [5.41, 5.74) is 1.91. The second kappa shape index (κ2) is 11.9. The molecule has 0 aromatic heterocycles. The summed E-state index contributed by atoms with van der Waals surface area (Å²) < 4.78 is 15.4. The number of allylic oxidation sites excluding steroid dienone is 2. The van der Waals surface area contributed by atoms with Gasteiger partial charge in [-0.15, -0.1) is 0 Å². The van der Waals surface area contributed by atoms with Gasteiger partial charge in [0.05, 0.1) is 34.2 Å². The van der Waals surface area contributed by atoms with Crippen LogP contribution in [0, 0.1) is 0 Å². The Balaban J connectivity index is 2.31. The first-order valence-corrected chi connectivity index (χ1v) is 11.0. The minimum Gasteiger partial charge on any atom is -0.466 e. The molecule has 1 N–H and O–H groups in total. The maximum absolute atomic E-state index is 13.1. The van der Waals surface area contributed by atoms with Crippen molar-refractivity contribution in [2.75, 3.05) is 20.3 Å². The smallest absolute Gasteiger partial charge is 0.336 e. The number of ether oxygens (including phenoxy) is 3. The lowest BCUT2D eigenvalue weighted by Crippen LogP contribution is -2.32. The minimum absolute atomic E-state index is 0.0602. The summed E-state index contributed by atoms with van der Waals surface area (Å²) >= 11 is 12.7. The number of hydrogen-bond acceptors (Lipinski definition) is 7. The molecule has 174 valence electrons. The third kappa shape index (κ3) is 6.04. The quantitative estimate of drug-likeness (QED) is 0.309. The number of unbranched alkanes of at least 4 members (excludes halogenated alkanes) is 1. The van der Waals surface area contributed by atoms with Gasteiger partial charge >= 0.3 is 17.9 Å². The lowest BCUT2D eigenvalue weighted by Gasteiger charge is -2.30. The molecule has 0 amide bonds. The van der Waals surface area contributed by atoms with E-state index >= 15 is 0 Å². The summed E-state index contributed by atoms with van der Waals surface area (Å²) in [4.78, 5) is 37.3. The summed E-state index contributed by atoms with van der Waals surface area (Å²) in [7, 11) is 1.26. The maximum Gasteiger partial charge on any atom is 0.336 e. The van der Waals surface area contributed by atoms with Gasteiger partial charge in [0.25, 0.3) is 0 Å². The van der Waals surface area contributed by atoms with Crippen LogP contribution in [0.2, 0.25) is 10.0 Å². The van der Waals surface area contributed by atoms with E-state index < -0.39 is 17.9 Å². The highest BCUT2D eigenvalue weighted by molar-refractivity contribution is 6.42. The number of esters is 3. The molecular formula is C23H27Cl2NO6. The Hall–Kier alpha value is -2.51. The lowest BCUT2D eigenvalue weighted by atomic mass is 9.80. The van der Waals surface area contributed by atoms with E-state index in [-0.39, 0.29) is 40.4 Å². The lowest BCUT2D eigenvalue weighted by molar-refractivity contribution is -0.150. The zero-order chi connectivity index (χ0) is 23.8.